The second kappa shape index (κ2) is 13.0. The van der Waals surface area contributed by atoms with Gasteiger partial charge in [0.25, 0.3) is 0 Å². The van der Waals surface area contributed by atoms with E-state index in [2.05, 4.69) is 77.9 Å². The van der Waals surface area contributed by atoms with Crippen molar-refractivity contribution >= 4 is 35.6 Å². The molecule has 0 aromatic heterocycles. The molecule has 33 heavy (non-hydrogen) atoms. The minimum absolute atomic E-state index is 0. The third kappa shape index (κ3) is 7.50. The summed E-state index contributed by atoms with van der Waals surface area (Å²) in [6.07, 6.45) is 2.28. The number of nitrogens with one attached hydrogen (secondary N) is 2. The SMILES string of the molecule is CCNC(=NCc1ccc(C)cc1OC1CCOC1)NCC1CCN(c2ccccc2)C1.I. The molecule has 6 nitrogen and oxygen atoms in total. The molecule has 2 atom stereocenters. The predicted molar refractivity (Wildman–Crippen MR) is 146 cm³/mol. The van der Waals surface area contributed by atoms with Crippen molar-refractivity contribution in [2.75, 3.05) is 44.3 Å². The van der Waals surface area contributed by atoms with E-state index in [1.807, 2.05) is 0 Å². The Morgan fingerprint density at radius 3 is 2.76 bits per heavy atom. The Kier molecular flexibility index (Phi) is 10.1. The Morgan fingerprint density at radius 2 is 2.00 bits per heavy atom. The van der Waals surface area contributed by atoms with Gasteiger partial charge in [-0.1, -0.05) is 30.3 Å². The summed E-state index contributed by atoms with van der Waals surface area (Å²) >= 11 is 0. The summed E-state index contributed by atoms with van der Waals surface area (Å²) in [5.41, 5.74) is 3.62. The molecule has 2 fully saturated rings. The van der Waals surface area contributed by atoms with Crippen LogP contribution in [0.1, 0.15) is 30.9 Å². The normalized spacial score (nSPS) is 20.4. The van der Waals surface area contributed by atoms with Crippen LogP contribution in [0.25, 0.3) is 0 Å². The molecule has 180 valence electrons. The molecule has 2 aliphatic heterocycles. The second-order valence-corrected chi connectivity index (χ2v) is 8.73. The van der Waals surface area contributed by atoms with Crippen molar-refractivity contribution in [3.8, 4) is 5.75 Å². The van der Waals surface area contributed by atoms with Crippen LogP contribution < -0.4 is 20.3 Å². The second-order valence-electron chi connectivity index (χ2n) is 8.73. The van der Waals surface area contributed by atoms with Crippen LogP contribution in [-0.2, 0) is 11.3 Å². The van der Waals surface area contributed by atoms with Crippen LogP contribution in [0.15, 0.2) is 53.5 Å². The van der Waals surface area contributed by atoms with Crippen molar-refractivity contribution in [3.63, 3.8) is 0 Å². The smallest absolute Gasteiger partial charge is 0.191 e. The summed E-state index contributed by atoms with van der Waals surface area (Å²) in [7, 11) is 0. The molecule has 0 aliphatic carbocycles. The summed E-state index contributed by atoms with van der Waals surface area (Å²) < 4.78 is 11.7. The third-order valence-electron chi connectivity index (χ3n) is 6.12. The molecule has 0 spiro atoms. The number of anilines is 1. The summed E-state index contributed by atoms with van der Waals surface area (Å²) in [4.78, 5) is 7.33. The number of para-hydroxylation sites is 1. The van der Waals surface area contributed by atoms with Crippen LogP contribution in [0.3, 0.4) is 0 Å². The van der Waals surface area contributed by atoms with E-state index in [0.717, 1.165) is 56.5 Å². The molecule has 2 aromatic rings. The highest BCUT2D eigenvalue weighted by Gasteiger charge is 2.23. The molecule has 2 aliphatic rings. The third-order valence-corrected chi connectivity index (χ3v) is 6.12. The molecular formula is C26H37IN4O2. The van der Waals surface area contributed by atoms with Gasteiger partial charge in [-0.15, -0.1) is 24.0 Å². The predicted octanol–water partition coefficient (Wildman–Crippen LogP) is 4.36. The number of ether oxygens (including phenoxy) is 2. The lowest BCUT2D eigenvalue weighted by Crippen LogP contribution is -2.40. The summed E-state index contributed by atoms with van der Waals surface area (Å²) in [6, 6.07) is 17.0. The molecule has 7 heteroatoms. The van der Waals surface area contributed by atoms with Gasteiger partial charge in [-0.2, -0.15) is 0 Å². The van der Waals surface area contributed by atoms with Gasteiger partial charge in [0.15, 0.2) is 5.96 Å². The van der Waals surface area contributed by atoms with Crippen LogP contribution in [0.4, 0.5) is 5.69 Å². The number of hydrogen-bond donors (Lipinski definition) is 2. The van der Waals surface area contributed by atoms with Crippen molar-refractivity contribution in [1.29, 1.82) is 0 Å². The van der Waals surface area contributed by atoms with Gasteiger partial charge in [-0.3, -0.25) is 0 Å². The standard InChI is InChI=1S/C26H36N4O2.HI/c1-3-27-26(28-16-21-11-13-30(18-21)23-7-5-4-6-8-23)29-17-22-10-9-20(2)15-25(22)32-24-12-14-31-19-24;/h4-10,15,21,24H,3,11-14,16-19H2,1-2H3,(H2,27,28,29);1H. The van der Waals surface area contributed by atoms with Gasteiger partial charge in [0.1, 0.15) is 11.9 Å². The molecule has 0 amide bonds. The molecule has 0 saturated carbocycles. The van der Waals surface area contributed by atoms with E-state index < -0.39 is 0 Å². The van der Waals surface area contributed by atoms with Crippen molar-refractivity contribution in [3.05, 3.63) is 59.7 Å². The molecular weight excluding hydrogens is 527 g/mol. The zero-order valence-corrected chi connectivity index (χ0v) is 22.1. The van der Waals surface area contributed by atoms with E-state index in [-0.39, 0.29) is 30.1 Å². The van der Waals surface area contributed by atoms with Crippen LogP contribution in [-0.4, -0.2) is 51.5 Å². The Hall–Kier alpha value is -2.00. The van der Waals surface area contributed by atoms with Gasteiger partial charge >= 0.3 is 0 Å². The highest BCUT2D eigenvalue weighted by molar-refractivity contribution is 14.0. The first-order valence-electron chi connectivity index (χ1n) is 11.9. The van der Waals surface area contributed by atoms with E-state index in [1.54, 1.807) is 0 Å². The van der Waals surface area contributed by atoms with Crippen molar-refractivity contribution in [2.24, 2.45) is 10.9 Å². The van der Waals surface area contributed by atoms with Crippen molar-refractivity contribution in [1.82, 2.24) is 10.6 Å². The zero-order valence-electron chi connectivity index (χ0n) is 19.8. The number of benzene rings is 2. The summed E-state index contributed by atoms with van der Waals surface area (Å²) in [6.45, 7) is 10.2. The number of halogens is 1. The zero-order chi connectivity index (χ0) is 22.2. The van der Waals surface area contributed by atoms with Crippen molar-refractivity contribution in [2.45, 2.75) is 39.3 Å². The monoisotopic (exact) mass is 564 g/mol. The lowest BCUT2D eigenvalue weighted by atomic mass is 10.1. The quantitative estimate of drug-likeness (QED) is 0.284. The maximum Gasteiger partial charge on any atom is 0.191 e. The molecule has 2 saturated heterocycles. The number of aliphatic imine (C=N–C) groups is 1. The van der Waals surface area contributed by atoms with Gasteiger partial charge in [-0.25, -0.2) is 4.99 Å². The van der Waals surface area contributed by atoms with Gasteiger partial charge in [-0.05, 0) is 49.9 Å². The van der Waals surface area contributed by atoms with Gasteiger partial charge in [0.2, 0.25) is 0 Å². The van der Waals surface area contributed by atoms with Gasteiger partial charge < -0.3 is 25.0 Å². The number of aryl methyl sites for hydroxylation is 1. The largest absolute Gasteiger partial charge is 0.488 e. The van der Waals surface area contributed by atoms with Gasteiger partial charge in [0.05, 0.1) is 19.8 Å². The molecule has 0 bridgehead atoms. The van der Waals surface area contributed by atoms with E-state index in [1.165, 1.54) is 17.7 Å². The maximum absolute atomic E-state index is 6.23. The molecule has 4 rings (SSSR count). The first kappa shape index (κ1) is 25.6. The number of hydrogen-bond acceptors (Lipinski definition) is 4. The fraction of sp³-hybridized carbons (Fsp3) is 0.500. The first-order valence-corrected chi connectivity index (χ1v) is 11.9. The van der Waals surface area contributed by atoms with E-state index in [9.17, 15) is 0 Å². The van der Waals surface area contributed by atoms with Crippen molar-refractivity contribution < 1.29 is 9.47 Å². The van der Waals surface area contributed by atoms with Gasteiger partial charge in [0, 0.05) is 43.9 Å². The summed E-state index contributed by atoms with van der Waals surface area (Å²) in [5.74, 6) is 2.40. The first-order chi connectivity index (χ1) is 15.7. The van der Waals surface area contributed by atoms with E-state index in [0.29, 0.717) is 19.1 Å². The maximum atomic E-state index is 6.23. The van der Waals surface area contributed by atoms with Crippen LogP contribution in [0, 0.1) is 12.8 Å². The lowest BCUT2D eigenvalue weighted by Gasteiger charge is -2.19. The molecule has 2 unspecified atom stereocenters. The minimum atomic E-state index is 0. The summed E-state index contributed by atoms with van der Waals surface area (Å²) in [5, 5.41) is 6.95. The topological polar surface area (TPSA) is 58.1 Å². The van der Waals surface area contributed by atoms with Crippen LogP contribution in [0.5, 0.6) is 5.75 Å². The Bertz CT molecular complexity index is 887. The lowest BCUT2D eigenvalue weighted by molar-refractivity contribution is 0.140. The number of guanidine groups is 1. The highest BCUT2D eigenvalue weighted by atomic mass is 127. The molecule has 2 aromatic carbocycles. The number of rotatable bonds is 8. The fourth-order valence-electron chi connectivity index (χ4n) is 4.31. The average molecular weight is 565 g/mol. The highest BCUT2D eigenvalue weighted by Crippen LogP contribution is 2.25. The molecule has 2 heterocycles. The van der Waals surface area contributed by atoms with Crippen LogP contribution in [0.2, 0.25) is 0 Å². The van der Waals surface area contributed by atoms with Crippen LogP contribution >= 0.6 is 24.0 Å². The van der Waals surface area contributed by atoms with E-state index in [4.69, 9.17) is 14.5 Å². The minimum Gasteiger partial charge on any atom is -0.488 e. The Balaban J connectivity index is 0.00000306. The fourth-order valence-corrected chi connectivity index (χ4v) is 4.31. The Morgan fingerprint density at radius 1 is 1.15 bits per heavy atom. The molecule has 2 N–H and O–H groups in total. The number of nitrogens with zero attached hydrogens (tertiary/aromatic N) is 2. The Labute approximate surface area is 215 Å². The average Bonchev–Trinajstić information content (AvgIpc) is 3.50. The van der Waals surface area contributed by atoms with E-state index >= 15 is 0 Å². The molecule has 0 radical (unpaired) electrons.